The second kappa shape index (κ2) is 5.85. The Bertz CT molecular complexity index is 672. The molecule has 0 saturated heterocycles. The average molecular weight is 346 g/mol. The van der Waals surface area contributed by atoms with Crippen molar-refractivity contribution < 1.29 is 0 Å². The molecule has 1 aliphatic rings. The highest BCUT2D eigenvalue weighted by atomic mass is 79.9. The molecule has 110 valence electrons. The molecule has 2 aromatic rings. The average Bonchev–Trinajstić information content (AvgIpc) is 2.93. The van der Waals surface area contributed by atoms with Gasteiger partial charge in [0, 0.05) is 34.4 Å². The molecule has 1 N–H and O–H groups in total. The van der Waals surface area contributed by atoms with Crippen LogP contribution in [0.3, 0.4) is 0 Å². The standard InChI is InChI=1S/C17H20BrN3/c1-4-5-14-13-8-19-9-15(13)21-17(20-14)12-6-10(2)16(18)11(3)7-12/h6-7,19H,4-5,8-9H2,1-3H3. The van der Waals surface area contributed by atoms with Gasteiger partial charge in [0.1, 0.15) is 0 Å². The lowest BCUT2D eigenvalue weighted by Crippen LogP contribution is -2.04. The maximum atomic E-state index is 4.85. The Morgan fingerprint density at radius 3 is 2.52 bits per heavy atom. The van der Waals surface area contributed by atoms with Crippen molar-refractivity contribution in [1.29, 1.82) is 0 Å². The summed E-state index contributed by atoms with van der Waals surface area (Å²) >= 11 is 3.62. The molecule has 4 heteroatoms. The quantitative estimate of drug-likeness (QED) is 0.910. The number of nitrogens with one attached hydrogen (secondary N) is 1. The lowest BCUT2D eigenvalue weighted by atomic mass is 10.1. The van der Waals surface area contributed by atoms with E-state index in [9.17, 15) is 0 Å². The number of rotatable bonds is 3. The van der Waals surface area contributed by atoms with Crippen LogP contribution in [0.1, 0.15) is 41.4 Å². The Kier molecular flexibility index (Phi) is 4.09. The molecule has 0 saturated carbocycles. The van der Waals surface area contributed by atoms with Crippen molar-refractivity contribution in [1.82, 2.24) is 15.3 Å². The van der Waals surface area contributed by atoms with Crippen molar-refractivity contribution in [2.24, 2.45) is 0 Å². The fraction of sp³-hybridized carbons (Fsp3) is 0.412. The van der Waals surface area contributed by atoms with Gasteiger partial charge in [-0.25, -0.2) is 9.97 Å². The number of nitrogens with zero attached hydrogens (tertiary/aromatic N) is 2. The molecule has 0 spiro atoms. The van der Waals surface area contributed by atoms with E-state index >= 15 is 0 Å². The first-order valence-electron chi connectivity index (χ1n) is 7.46. The van der Waals surface area contributed by atoms with Crippen LogP contribution in [0.25, 0.3) is 11.4 Å². The van der Waals surface area contributed by atoms with Crippen LogP contribution in [0.2, 0.25) is 0 Å². The van der Waals surface area contributed by atoms with Crippen LogP contribution in [0.4, 0.5) is 0 Å². The summed E-state index contributed by atoms with van der Waals surface area (Å²) in [5.74, 6) is 0.861. The van der Waals surface area contributed by atoms with E-state index in [1.165, 1.54) is 32.6 Å². The van der Waals surface area contributed by atoms with Crippen molar-refractivity contribution in [2.45, 2.75) is 46.7 Å². The van der Waals surface area contributed by atoms with Gasteiger partial charge in [0.15, 0.2) is 5.82 Å². The van der Waals surface area contributed by atoms with Gasteiger partial charge in [-0.1, -0.05) is 29.3 Å². The third-order valence-corrected chi connectivity index (χ3v) is 5.20. The zero-order valence-electron chi connectivity index (χ0n) is 12.8. The number of fused-ring (bicyclic) bond motifs is 1. The number of halogens is 1. The molecule has 1 aliphatic heterocycles. The van der Waals surface area contributed by atoms with E-state index in [-0.39, 0.29) is 0 Å². The van der Waals surface area contributed by atoms with E-state index in [1.807, 2.05) is 0 Å². The van der Waals surface area contributed by atoms with Crippen molar-refractivity contribution in [2.75, 3.05) is 0 Å². The fourth-order valence-electron chi connectivity index (χ4n) is 2.89. The van der Waals surface area contributed by atoms with Gasteiger partial charge in [-0.3, -0.25) is 0 Å². The van der Waals surface area contributed by atoms with E-state index in [4.69, 9.17) is 9.97 Å². The molecule has 21 heavy (non-hydrogen) atoms. The molecular formula is C17H20BrN3. The molecule has 0 amide bonds. The minimum Gasteiger partial charge on any atom is -0.307 e. The van der Waals surface area contributed by atoms with Gasteiger partial charge in [-0.15, -0.1) is 0 Å². The van der Waals surface area contributed by atoms with E-state index in [0.717, 1.165) is 37.3 Å². The van der Waals surface area contributed by atoms with Crippen LogP contribution in [0.5, 0.6) is 0 Å². The maximum Gasteiger partial charge on any atom is 0.159 e. The minimum absolute atomic E-state index is 0.857. The summed E-state index contributed by atoms with van der Waals surface area (Å²) in [5.41, 5.74) is 7.25. The second-order valence-corrected chi connectivity index (χ2v) is 6.49. The zero-order valence-corrected chi connectivity index (χ0v) is 14.3. The molecule has 0 bridgehead atoms. The monoisotopic (exact) mass is 345 g/mol. The molecule has 0 fully saturated rings. The second-order valence-electron chi connectivity index (χ2n) is 5.70. The lowest BCUT2D eigenvalue weighted by Gasteiger charge is -2.11. The van der Waals surface area contributed by atoms with Gasteiger partial charge in [0.2, 0.25) is 0 Å². The van der Waals surface area contributed by atoms with E-state index < -0.39 is 0 Å². The molecule has 3 nitrogen and oxygen atoms in total. The summed E-state index contributed by atoms with van der Waals surface area (Å²) < 4.78 is 1.17. The van der Waals surface area contributed by atoms with Gasteiger partial charge in [0.25, 0.3) is 0 Å². The highest BCUT2D eigenvalue weighted by molar-refractivity contribution is 9.10. The van der Waals surface area contributed by atoms with Crippen LogP contribution in [-0.2, 0) is 19.5 Å². The van der Waals surface area contributed by atoms with Gasteiger partial charge < -0.3 is 5.32 Å². The van der Waals surface area contributed by atoms with Crippen LogP contribution in [0, 0.1) is 13.8 Å². The van der Waals surface area contributed by atoms with E-state index in [1.54, 1.807) is 0 Å². The fourth-order valence-corrected chi connectivity index (χ4v) is 3.11. The summed E-state index contributed by atoms with van der Waals surface area (Å²) in [4.78, 5) is 9.64. The molecule has 0 atom stereocenters. The molecule has 3 rings (SSSR count). The van der Waals surface area contributed by atoms with Crippen LogP contribution >= 0.6 is 15.9 Å². The highest BCUT2D eigenvalue weighted by Gasteiger charge is 2.19. The third-order valence-electron chi connectivity index (χ3n) is 3.95. The minimum atomic E-state index is 0.857. The first-order chi connectivity index (χ1) is 10.1. The summed E-state index contributed by atoms with van der Waals surface area (Å²) in [5, 5.41) is 3.39. The molecular weight excluding hydrogens is 326 g/mol. The first kappa shape index (κ1) is 14.7. The molecule has 1 aromatic carbocycles. The van der Waals surface area contributed by atoms with Crippen molar-refractivity contribution >= 4 is 15.9 Å². The van der Waals surface area contributed by atoms with Crippen molar-refractivity contribution in [3.8, 4) is 11.4 Å². The van der Waals surface area contributed by atoms with Crippen LogP contribution in [0.15, 0.2) is 16.6 Å². The Morgan fingerprint density at radius 1 is 1.14 bits per heavy atom. The van der Waals surface area contributed by atoms with Crippen molar-refractivity contribution in [3.63, 3.8) is 0 Å². The summed E-state index contributed by atoms with van der Waals surface area (Å²) in [7, 11) is 0. The number of hydrogen-bond donors (Lipinski definition) is 1. The largest absolute Gasteiger partial charge is 0.307 e. The number of benzene rings is 1. The number of hydrogen-bond acceptors (Lipinski definition) is 3. The Morgan fingerprint density at radius 2 is 1.86 bits per heavy atom. The molecule has 0 unspecified atom stereocenters. The predicted molar refractivity (Wildman–Crippen MR) is 89.2 cm³/mol. The zero-order chi connectivity index (χ0) is 15.0. The first-order valence-corrected chi connectivity index (χ1v) is 8.26. The molecule has 0 radical (unpaired) electrons. The topological polar surface area (TPSA) is 37.8 Å². The van der Waals surface area contributed by atoms with E-state index in [2.05, 4.69) is 54.2 Å². The lowest BCUT2D eigenvalue weighted by molar-refractivity contribution is 0.753. The van der Waals surface area contributed by atoms with Gasteiger partial charge in [0.05, 0.1) is 5.69 Å². The molecule has 2 heterocycles. The summed E-state index contributed by atoms with van der Waals surface area (Å²) in [6.07, 6.45) is 2.13. The normalized spacial score (nSPS) is 13.5. The summed E-state index contributed by atoms with van der Waals surface area (Å²) in [6.45, 7) is 8.19. The van der Waals surface area contributed by atoms with Crippen molar-refractivity contribution in [3.05, 3.63) is 44.7 Å². The number of aryl methyl sites for hydroxylation is 3. The number of aromatic nitrogens is 2. The SMILES string of the molecule is CCCc1nc(-c2cc(C)c(Br)c(C)c2)nc2c1CNC2. The van der Waals surface area contributed by atoms with Gasteiger partial charge in [-0.05, 0) is 43.5 Å². The van der Waals surface area contributed by atoms with E-state index in [0.29, 0.717) is 0 Å². The Labute approximate surface area is 134 Å². The Balaban J connectivity index is 2.13. The molecule has 1 aromatic heterocycles. The van der Waals surface area contributed by atoms with Gasteiger partial charge >= 0.3 is 0 Å². The predicted octanol–water partition coefficient (Wildman–Crippen LogP) is 4.08. The molecule has 0 aliphatic carbocycles. The van der Waals surface area contributed by atoms with Gasteiger partial charge in [-0.2, -0.15) is 0 Å². The van der Waals surface area contributed by atoms with Crippen LogP contribution < -0.4 is 5.32 Å². The third kappa shape index (κ3) is 2.74. The smallest absolute Gasteiger partial charge is 0.159 e. The van der Waals surface area contributed by atoms with Crippen LogP contribution in [-0.4, -0.2) is 9.97 Å². The highest BCUT2D eigenvalue weighted by Crippen LogP contribution is 2.28. The Hall–Kier alpha value is -1.26. The summed E-state index contributed by atoms with van der Waals surface area (Å²) in [6, 6.07) is 4.33. The maximum absolute atomic E-state index is 4.85.